The molecular weight excluding hydrogens is 252 g/mol. The minimum absolute atomic E-state index is 0.0884. The van der Waals surface area contributed by atoms with Gasteiger partial charge in [0.15, 0.2) is 5.54 Å². The molecule has 1 saturated heterocycles. The van der Waals surface area contributed by atoms with Gasteiger partial charge in [-0.05, 0) is 20.8 Å². The van der Waals surface area contributed by atoms with Crippen LogP contribution in [0.15, 0.2) is 0 Å². The number of ether oxygens (including phenoxy) is 2. The third-order valence-electron chi connectivity index (χ3n) is 2.98. The second-order valence-electron chi connectivity index (χ2n) is 5.74. The van der Waals surface area contributed by atoms with Crippen LogP contribution in [0, 0.1) is 5.21 Å². The number of nitrogens with one attached hydrogen (secondary N) is 2. The van der Waals surface area contributed by atoms with E-state index in [1.165, 1.54) is 7.11 Å². The van der Waals surface area contributed by atoms with Gasteiger partial charge in [0.1, 0.15) is 5.60 Å². The van der Waals surface area contributed by atoms with E-state index in [1.54, 1.807) is 20.8 Å². The lowest BCUT2D eigenvalue weighted by Gasteiger charge is -2.39. The number of hydrogen-bond donors (Lipinski definition) is 2. The van der Waals surface area contributed by atoms with Crippen LogP contribution in [0.4, 0.5) is 4.79 Å². The quantitative estimate of drug-likeness (QED) is 0.528. The van der Waals surface area contributed by atoms with Crippen molar-refractivity contribution in [2.24, 2.45) is 0 Å². The molecule has 1 fully saturated rings. The topological polar surface area (TPSA) is 92.1 Å². The third-order valence-corrected chi connectivity index (χ3v) is 2.98. The summed E-state index contributed by atoms with van der Waals surface area (Å²) in [6.07, 6.45) is -0.178. The molecule has 0 spiro atoms. The molecule has 1 rings (SSSR count). The van der Waals surface area contributed by atoms with Crippen molar-refractivity contribution in [1.82, 2.24) is 5.32 Å². The van der Waals surface area contributed by atoms with Crippen LogP contribution in [-0.4, -0.2) is 43.4 Å². The first-order valence-corrected chi connectivity index (χ1v) is 6.30. The molecule has 7 nitrogen and oxygen atoms in total. The van der Waals surface area contributed by atoms with E-state index in [4.69, 9.17) is 9.47 Å². The van der Waals surface area contributed by atoms with Crippen molar-refractivity contribution in [2.45, 2.75) is 44.8 Å². The third kappa shape index (κ3) is 4.36. The number of esters is 1. The monoisotopic (exact) mass is 274 g/mol. The molecule has 0 aromatic rings. The highest BCUT2D eigenvalue weighted by atomic mass is 16.6. The van der Waals surface area contributed by atoms with E-state index in [2.05, 4.69) is 5.32 Å². The molecule has 0 bridgehead atoms. The van der Waals surface area contributed by atoms with Crippen LogP contribution in [0.3, 0.4) is 0 Å². The molecule has 19 heavy (non-hydrogen) atoms. The molecule has 0 unspecified atom stereocenters. The highest BCUT2D eigenvalue weighted by Gasteiger charge is 2.45. The maximum Gasteiger partial charge on any atom is 0.408 e. The van der Waals surface area contributed by atoms with E-state index in [0.717, 1.165) is 0 Å². The van der Waals surface area contributed by atoms with Crippen molar-refractivity contribution < 1.29 is 24.1 Å². The number of methoxy groups -OCH3 is 1. The van der Waals surface area contributed by atoms with Gasteiger partial charge in [0.25, 0.3) is 0 Å². The van der Waals surface area contributed by atoms with Gasteiger partial charge in [-0.25, -0.2) is 9.59 Å². The Bertz CT molecular complexity index is 343. The molecule has 1 heterocycles. The fourth-order valence-electron chi connectivity index (χ4n) is 2.03. The largest absolute Gasteiger partial charge is 0.634 e. The first-order chi connectivity index (χ1) is 8.68. The van der Waals surface area contributed by atoms with Gasteiger partial charge in [0.2, 0.25) is 0 Å². The zero-order valence-electron chi connectivity index (χ0n) is 11.9. The zero-order chi connectivity index (χ0) is 14.7. The van der Waals surface area contributed by atoms with E-state index in [0.29, 0.717) is 0 Å². The van der Waals surface area contributed by atoms with Crippen molar-refractivity contribution in [2.75, 3.05) is 20.2 Å². The number of quaternary nitrogens is 1. The first-order valence-electron chi connectivity index (χ1n) is 6.30. The number of alkyl carbamates (subject to hydrolysis) is 1. The van der Waals surface area contributed by atoms with Crippen LogP contribution in [0.25, 0.3) is 0 Å². The Morgan fingerprint density at radius 1 is 1.26 bits per heavy atom. The lowest BCUT2D eigenvalue weighted by atomic mass is 9.88. The van der Waals surface area contributed by atoms with E-state index < -0.39 is 23.2 Å². The fraction of sp³-hybridized carbons (Fsp3) is 0.833. The maximum absolute atomic E-state index is 11.9. The number of carbonyl (C=O) groups excluding carboxylic acids is 2. The van der Waals surface area contributed by atoms with Gasteiger partial charge in [0, 0.05) is 12.8 Å². The molecule has 1 aliphatic rings. The number of hydrogen-bond acceptors (Lipinski definition) is 5. The van der Waals surface area contributed by atoms with Crippen molar-refractivity contribution in [3.05, 3.63) is 5.21 Å². The Kier molecular flexibility index (Phi) is 4.75. The van der Waals surface area contributed by atoms with Gasteiger partial charge in [0.05, 0.1) is 20.2 Å². The molecule has 1 amide bonds. The zero-order valence-corrected chi connectivity index (χ0v) is 11.9. The number of piperidine rings is 1. The Labute approximate surface area is 112 Å². The highest BCUT2D eigenvalue weighted by molar-refractivity contribution is 5.85. The van der Waals surface area contributed by atoms with Crippen LogP contribution in [0.2, 0.25) is 0 Å². The van der Waals surface area contributed by atoms with Crippen LogP contribution in [0.1, 0.15) is 33.6 Å². The second kappa shape index (κ2) is 5.75. The average molecular weight is 274 g/mol. The molecule has 0 aromatic heterocycles. The summed E-state index contributed by atoms with van der Waals surface area (Å²) in [6, 6.07) is 0. The van der Waals surface area contributed by atoms with Gasteiger partial charge in [-0.1, -0.05) is 0 Å². The van der Waals surface area contributed by atoms with Crippen LogP contribution in [-0.2, 0) is 14.3 Å². The van der Waals surface area contributed by atoms with Gasteiger partial charge in [-0.15, -0.1) is 0 Å². The standard InChI is InChI=1S/C12H22N2O5/c1-11(2,3)19-10(16)13-12(9(15)18-4)5-7-14(17)8-6-12/h14H,5-8H2,1-4H3,(H,13,16). The summed E-state index contributed by atoms with van der Waals surface area (Å²) in [4.78, 5) is 23.7. The van der Waals surface area contributed by atoms with Crippen LogP contribution in [0.5, 0.6) is 0 Å². The van der Waals surface area contributed by atoms with Crippen LogP contribution >= 0.6 is 0 Å². The van der Waals surface area contributed by atoms with Gasteiger partial charge in [-0.3, -0.25) is 0 Å². The first kappa shape index (κ1) is 15.7. The number of carbonyl (C=O) groups is 2. The normalized spacial score (nSPS) is 27.5. The predicted molar refractivity (Wildman–Crippen MR) is 67.4 cm³/mol. The van der Waals surface area contributed by atoms with E-state index in [9.17, 15) is 14.8 Å². The molecule has 0 atom stereocenters. The second-order valence-corrected chi connectivity index (χ2v) is 5.74. The summed E-state index contributed by atoms with van der Waals surface area (Å²) in [5, 5.41) is 13.9. The molecule has 7 heteroatoms. The fourth-order valence-corrected chi connectivity index (χ4v) is 2.03. The summed E-state index contributed by atoms with van der Waals surface area (Å²) in [6.45, 7) is 5.72. The molecule has 1 aliphatic heterocycles. The lowest BCUT2D eigenvalue weighted by Crippen LogP contribution is -3.09. The van der Waals surface area contributed by atoms with Crippen molar-refractivity contribution in [1.29, 1.82) is 0 Å². The molecular formula is C12H22N2O5. The summed E-state index contributed by atoms with van der Waals surface area (Å²) in [5.41, 5.74) is -1.79. The Balaban J connectivity index is 2.76. The summed E-state index contributed by atoms with van der Waals surface area (Å²) < 4.78 is 9.88. The Hall–Kier alpha value is -1.34. The smallest absolute Gasteiger partial charge is 0.408 e. The van der Waals surface area contributed by atoms with E-state index >= 15 is 0 Å². The molecule has 2 N–H and O–H groups in total. The van der Waals surface area contributed by atoms with Gasteiger partial charge < -0.3 is 25.1 Å². The number of hydroxylamine groups is 2. The number of rotatable bonds is 2. The molecule has 0 aromatic carbocycles. The molecule has 0 aliphatic carbocycles. The maximum atomic E-state index is 11.9. The summed E-state index contributed by atoms with van der Waals surface area (Å²) in [7, 11) is 1.26. The highest BCUT2D eigenvalue weighted by Crippen LogP contribution is 2.20. The lowest BCUT2D eigenvalue weighted by molar-refractivity contribution is -0.854. The van der Waals surface area contributed by atoms with Gasteiger partial charge >= 0.3 is 12.1 Å². The SMILES string of the molecule is COC(=O)C1(NC(=O)OC(C)(C)C)CC[NH+]([O-])CC1. The Morgan fingerprint density at radius 3 is 2.21 bits per heavy atom. The van der Waals surface area contributed by atoms with Crippen LogP contribution < -0.4 is 10.4 Å². The van der Waals surface area contributed by atoms with Crippen molar-refractivity contribution in [3.8, 4) is 0 Å². The minimum Gasteiger partial charge on any atom is -0.634 e. The van der Waals surface area contributed by atoms with Gasteiger partial charge in [-0.2, -0.15) is 0 Å². The van der Waals surface area contributed by atoms with E-state index in [-0.39, 0.29) is 31.0 Å². The Morgan fingerprint density at radius 2 is 1.79 bits per heavy atom. The van der Waals surface area contributed by atoms with Crippen molar-refractivity contribution >= 4 is 12.1 Å². The summed E-state index contributed by atoms with van der Waals surface area (Å²) >= 11 is 0. The average Bonchev–Trinajstić information content (AvgIpc) is 2.29. The predicted octanol–water partition coefficient (Wildman–Crippen LogP) is -0.401. The number of amides is 1. The van der Waals surface area contributed by atoms with E-state index in [1.807, 2.05) is 0 Å². The summed E-state index contributed by atoms with van der Waals surface area (Å²) in [5.74, 6) is -0.536. The van der Waals surface area contributed by atoms with Crippen molar-refractivity contribution in [3.63, 3.8) is 0 Å². The minimum atomic E-state index is -1.15. The molecule has 110 valence electrons. The molecule has 0 radical (unpaired) electrons. The molecule has 0 saturated carbocycles.